The van der Waals surface area contributed by atoms with E-state index in [0.29, 0.717) is 0 Å². The molecule has 0 aromatic heterocycles. The Bertz CT molecular complexity index is 1170. The molecule has 0 unspecified atom stereocenters. The van der Waals surface area contributed by atoms with Gasteiger partial charge in [-0.25, -0.2) is 0 Å². The third-order valence-electron chi connectivity index (χ3n) is 5.15. The van der Waals surface area contributed by atoms with Gasteiger partial charge in [-0.2, -0.15) is 25.6 Å². The van der Waals surface area contributed by atoms with Gasteiger partial charge in [0.05, 0.1) is 23.9 Å². The maximum Gasteiger partial charge on any atom is 0.282 e. The molecule has 10 nitrogen and oxygen atoms in total. The van der Waals surface area contributed by atoms with Gasteiger partial charge in [0, 0.05) is 22.9 Å². The van der Waals surface area contributed by atoms with Crippen molar-refractivity contribution in [2.75, 3.05) is 40.3 Å². The monoisotopic (exact) mass is 480 g/mol. The molecule has 2 N–H and O–H groups in total. The zero-order chi connectivity index (χ0) is 23.5. The van der Waals surface area contributed by atoms with Crippen molar-refractivity contribution in [3.63, 3.8) is 0 Å². The molecule has 1 saturated heterocycles. The molecule has 32 heavy (non-hydrogen) atoms. The molecule has 0 atom stereocenters. The molecule has 12 heteroatoms. The Balaban J connectivity index is 0.000000139. The Morgan fingerprint density at radius 2 is 0.969 bits per heavy atom. The summed E-state index contributed by atoms with van der Waals surface area (Å²) in [5.74, 6) is -1.35. The zero-order valence-corrected chi connectivity index (χ0v) is 19.2. The molecular weight excluding hydrogens is 456 g/mol. The van der Waals surface area contributed by atoms with E-state index in [-0.39, 0.29) is 20.9 Å². The zero-order valence-electron chi connectivity index (χ0n) is 17.6. The van der Waals surface area contributed by atoms with E-state index in [2.05, 4.69) is 22.9 Å². The molecule has 3 aliphatic heterocycles. The van der Waals surface area contributed by atoms with Crippen molar-refractivity contribution in [3.8, 4) is 0 Å². The third-order valence-corrected chi connectivity index (χ3v) is 7.79. The lowest BCUT2D eigenvalue weighted by molar-refractivity contribution is -0.994. The van der Waals surface area contributed by atoms with Gasteiger partial charge >= 0.3 is 0 Å². The first-order valence-corrected chi connectivity index (χ1v) is 12.7. The molecule has 0 spiro atoms. The summed E-state index contributed by atoms with van der Waals surface area (Å²) in [5.41, 5.74) is 0.329. The number of nitrogens with one attached hydrogen (secondary N) is 2. The average Bonchev–Trinajstić information content (AvgIpc) is 3.14. The summed E-state index contributed by atoms with van der Waals surface area (Å²) in [7, 11) is -2.82. The van der Waals surface area contributed by atoms with Gasteiger partial charge in [0.1, 0.15) is 26.2 Å². The highest BCUT2D eigenvalue weighted by Gasteiger charge is 2.23. The van der Waals surface area contributed by atoms with E-state index in [9.17, 15) is 27.0 Å². The van der Waals surface area contributed by atoms with Crippen LogP contribution in [0.5, 0.6) is 0 Å². The standard InChI is InChI=1S/2C7H5NO3S.C6H14N2/c2*9-7-5-3-1-2-4-6(5)12(10,11)8-7;1-7-3-5-8(2)6-4-7/h2*1-4H,(H,8,9);3-6H2,1-2H3. The van der Waals surface area contributed by atoms with Crippen molar-refractivity contribution in [2.24, 2.45) is 8.80 Å². The topological polar surface area (TPSA) is 148 Å². The van der Waals surface area contributed by atoms with E-state index in [1.54, 1.807) is 34.1 Å². The molecule has 3 aliphatic rings. The fourth-order valence-electron chi connectivity index (χ4n) is 3.26. The third kappa shape index (κ3) is 5.33. The lowest BCUT2D eigenvalue weighted by atomic mass is 10.2. The molecule has 0 radical (unpaired) electrons. The Labute approximate surface area is 187 Å². The first kappa shape index (κ1) is 23.9. The lowest BCUT2D eigenvalue weighted by Gasteiger charge is -2.23. The molecule has 3 heterocycles. The van der Waals surface area contributed by atoms with Crippen LogP contribution in [0, 0.1) is 0 Å². The second-order valence-corrected chi connectivity index (χ2v) is 10.8. The SMILES string of the molecule is C[NH+]1CC[NH+](C)CC1.O=S1(=O)N=C([O-])c2ccccc21.O=S1(=O)N=C([O-])c2ccccc21. The van der Waals surface area contributed by atoms with Gasteiger partial charge in [-0.3, -0.25) is 0 Å². The number of sulfonamides is 2. The molecule has 2 aromatic rings. The molecule has 5 rings (SSSR count). The number of nitrogens with zero attached hydrogens (tertiary/aromatic N) is 2. The normalized spacial score (nSPS) is 23.8. The van der Waals surface area contributed by atoms with Crippen molar-refractivity contribution in [2.45, 2.75) is 9.79 Å². The quantitative estimate of drug-likeness (QED) is 0.393. The van der Waals surface area contributed by atoms with Crippen molar-refractivity contribution in [3.05, 3.63) is 59.7 Å². The number of piperazine rings is 1. The molecular formula is C20H24N4O6S2. The van der Waals surface area contributed by atoms with Crippen LogP contribution < -0.4 is 20.0 Å². The van der Waals surface area contributed by atoms with Crippen molar-refractivity contribution in [1.82, 2.24) is 0 Å². The minimum absolute atomic E-state index is 0.00926. The fraction of sp³-hybridized carbons (Fsp3) is 0.300. The largest absolute Gasteiger partial charge is 0.858 e. The van der Waals surface area contributed by atoms with Gasteiger partial charge in [-0.05, 0) is 12.1 Å². The summed E-state index contributed by atoms with van der Waals surface area (Å²) in [6.45, 7) is 5.41. The van der Waals surface area contributed by atoms with E-state index in [1.165, 1.54) is 50.4 Å². The number of hydrogen-bond donors (Lipinski definition) is 2. The lowest BCUT2D eigenvalue weighted by Crippen LogP contribution is -3.25. The van der Waals surface area contributed by atoms with Crippen LogP contribution in [0.1, 0.15) is 11.1 Å². The predicted octanol–water partition coefficient (Wildman–Crippen LogP) is -3.98. The van der Waals surface area contributed by atoms with Crippen LogP contribution >= 0.6 is 0 Å². The Morgan fingerprint density at radius 3 is 1.28 bits per heavy atom. The average molecular weight is 481 g/mol. The maximum absolute atomic E-state index is 11.1. The maximum atomic E-state index is 11.1. The van der Waals surface area contributed by atoms with Crippen LogP contribution in [0.3, 0.4) is 0 Å². The highest BCUT2D eigenvalue weighted by atomic mass is 32.2. The highest BCUT2D eigenvalue weighted by Crippen LogP contribution is 2.24. The second-order valence-electron chi connectivity index (χ2n) is 7.65. The predicted molar refractivity (Wildman–Crippen MR) is 114 cm³/mol. The van der Waals surface area contributed by atoms with Gasteiger partial charge in [-0.15, -0.1) is 0 Å². The molecule has 0 amide bonds. The van der Waals surface area contributed by atoms with Crippen LogP contribution in [0.2, 0.25) is 0 Å². The number of likely N-dealkylation sites (N-methyl/N-ethyl adjacent to an activating group) is 2. The fourth-order valence-corrected chi connectivity index (χ4v) is 5.45. The Kier molecular flexibility index (Phi) is 6.98. The minimum Gasteiger partial charge on any atom is -0.858 e. The molecule has 1 fully saturated rings. The van der Waals surface area contributed by atoms with Crippen LogP contribution in [0.4, 0.5) is 0 Å². The van der Waals surface area contributed by atoms with E-state index >= 15 is 0 Å². The first-order chi connectivity index (χ1) is 15.0. The van der Waals surface area contributed by atoms with E-state index in [0.717, 1.165) is 0 Å². The number of benzene rings is 2. The van der Waals surface area contributed by atoms with E-state index in [1.807, 2.05) is 0 Å². The molecule has 2 aromatic carbocycles. The number of hydrogen-bond acceptors (Lipinski definition) is 6. The van der Waals surface area contributed by atoms with Crippen LogP contribution in [0.25, 0.3) is 0 Å². The molecule has 172 valence electrons. The van der Waals surface area contributed by atoms with Gasteiger partial charge in [0.25, 0.3) is 20.0 Å². The van der Waals surface area contributed by atoms with E-state index in [4.69, 9.17) is 0 Å². The van der Waals surface area contributed by atoms with Gasteiger partial charge < -0.3 is 20.0 Å². The first-order valence-electron chi connectivity index (χ1n) is 9.86. The van der Waals surface area contributed by atoms with Crippen molar-refractivity contribution >= 4 is 31.8 Å². The van der Waals surface area contributed by atoms with Gasteiger partial charge in [0.15, 0.2) is 0 Å². The summed E-state index contributed by atoms with van der Waals surface area (Å²) in [5, 5.41) is 21.9. The van der Waals surface area contributed by atoms with Crippen LogP contribution in [-0.2, 0) is 20.0 Å². The smallest absolute Gasteiger partial charge is 0.282 e. The Morgan fingerprint density at radius 1 is 0.656 bits per heavy atom. The summed E-state index contributed by atoms with van der Waals surface area (Å²) >= 11 is 0. The van der Waals surface area contributed by atoms with Crippen molar-refractivity contribution < 1.29 is 36.8 Å². The highest BCUT2D eigenvalue weighted by molar-refractivity contribution is 7.91. The van der Waals surface area contributed by atoms with E-state index < -0.39 is 31.8 Å². The van der Waals surface area contributed by atoms with Gasteiger partial charge in [-0.1, -0.05) is 36.4 Å². The summed E-state index contributed by atoms with van der Waals surface area (Å²) < 4.78 is 50.3. The van der Waals surface area contributed by atoms with Crippen LogP contribution in [-0.4, -0.2) is 68.9 Å². The van der Waals surface area contributed by atoms with Gasteiger partial charge in [0.2, 0.25) is 0 Å². The van der Waals surface area contributed by atoms with Crippen molar-refractivity contribution in [1.29, 1.82) is 0 Å². The summed E-state index contributed by atoms with van der Waals surface area (Å²) in [4.78, 5) is 3.40. The number of quaternary nitrogens is 2. The molecule has 0 aliphatic carbocycles. The number of fused-ring (bicyclic) bond motifs is 2. The summed E-state index contributed by atoms with van der Waals surface area (Å²) in [6.07, 6.45) is 0. The number of rotatable bonds is 0. The molecule has 0 saturated carbocycles. The second kappa shape index (κ2) is 9.36. The minimum atomic E-state index is -3.68. The van der Waals surface area contributed by atoms with Crippen LogP contribution in [0.15, 0.2) is 67.1 Å². The Hall–Kier alpha value is -2.80. The summed E-state index contributed by atoms with van der Waals surface area (Å²) in [6, 6.07) is 12.0. The molecule has 0 bridgehead atoms.